The van der Waals surface area contributed by atoms with Gasteiger partial charge >= 0.3 is 0 Å². The van der Waals surface area contributed by atoms with Crippen LogP contribution in [0.4, 0.5) is 5.69 Å². The lowest BCUT2D eigenvalue weighted by molar-refractivity contribution is 0.373. The highest BCUT2D eigenvalue weighted by Gasteiger charge is 2.37. The highest BCUT2D eigenvalue weighted by Crippen LogP contribution is 2.35. The molecular weight excluding hydrogens is 262 g/mol. The van der Waals surface area contributed by atoms with Crippen LogP contribution in [0.2, 0.25) is 0 Å². The molecule has 0 aliphatic carbocycles. The lowest BCUT2D eigenvalue weighted by Crippen LogP contribution is -2.34. The number of anilines is 1. The zero-order valence-corrected chi connectivity index (χ0v) is 11.8. The van der Waals surface area contributed by atoms with E-state index >= 15 is 0 Å². The molecular formula is C17H17N3O. The van der Waals surface area contributed by atoms with Gasteiger partial charge in [-0.25, -0.2) is 0 Å². The first-order valence-electron chi connectivity index (χ1n) is 7.01. The quantitative estimate of drug-likeness (QED) is 0.902. The molecule has 0 bridgehead atoms. The number of nitrogens with one attached hydrogen (secondary N) is 1. The number of para-hydroxylation sites is 1. The van der Waals surface area contributed by atoms with Crippen LogP contribution < -0.4 is 4.90 Å². The van der Waals surface area contributed by atoms with Gasteiger partial charge in [-0.1, -0.05) is 31.2 Å². The summed E-state index contributed by atoms with van der Waals surface area (Å²) in [4.78, 5) is 6.13. The van der Waals surface area contributed by atoms with Crippen molar-refractivity contribution in [2.45, 2.75) is 19.4 Å². The second-order valence-electron chi connectivity index (χ2n) is 4.95. The molecule has 0 fully saturated rings. The number of aliphatic hydroxyl groups is 1. The van der Waals surface area contributed by atoms with Crippen LogP contribution in [0.3, 0.4) is 0 Å². The minimum atomic E-state index is -0.211. The van der Waals surface area contributed by atoms with Crippen molar-refractivity contribution in [3.63, 3.8) is 0 Å². The van der Waals surface area contributed by atoms with Crippen molar-refractivity contribution in [1.29, 1.82) is 5.41 Å². The molecule has 2 heterocycles. The van der Waals surface area contributed by atoms with Crippen molar-refractivity contribution in [2.75, 3.05) is 4.90 Å². The molecule has 1 aromatic heterocycles. The van der Waals surface area contributed by atoms with Gasteiger partial charge in [0.25, 0.3) is 0 Å². The molecule has 0 saturated carbocycles. The van der Waals surface area contributed by atoms with Gasteiger partial charge in [0.2, 0.25) is 0 Å². The number of nitrogens with zero attached hydrogens (tertiary/aromatic N) is 2. The number of benzene rings is 1. The standard InChI is InChI=1S/C17H17N3O/c1-2-14-16(21)15(13-10-6-7-11-19-13)17(18)20(14)12-8-4-3-5-9-12/h3-11,14,18,21H,2H2,1H3/t14-/m1/s1. The second-order valence-corrected chi connectivity index (χ2v) is 4.95. The number of rotatable bonds is 3. The molecule has 1 aliphatic heterocycles. The van der Waals surface area contributed by atoms with E-state index in [1.54, 1.807) is 6.20 Å². The molecule has 0 radical (unpaired) electrons. The smallest absolute Gasteiger partial charge is 0.138 e. The summed E-state index contributed by atoms with van der Waals surface area (Å²) in [5, 5.41) is 19.0. The molecule has 0 amide bonds. The molecule has 1 aliphatic rings. The van der Waals surface area contributed by atoms with Crippen LogP contribution in [0.25, 0.3) is 5.57 Å². The van der Waals surface area contributed by atoms with Gasteiger partial charge in [-0.3, -0.25) is 10.4 Å². The van der Waals surface area contributed by atoms with Crippen molar-refractivity contribution in [3.8, 4) is 0 Å². The Bertz CT molecular complexity index is 680. The summed E-state index contributed by atoms with van der Waals surface area (Å²) in [5.74, 6) is 0.523. The van der Waals surface area contributed by atoms with Crippen LogP contribution in [0.5, 0.6) is 0 Å². The summed E-state index contributed by atoms with van der Waals surface area (Å²) in [6.45, 7) is 2.01. The average Bonchev–Trinajstić information content (AvgIpc) is 2.79. The number of hydrogen-bond donors (Lipinski definition) is 2. The lowest BCUT2D eigenvalue weighted by Gasteiger charge is -2.26. The minimum Gasteiger partial charge on any atom is -0.509 e. The van der Waals surface area contributed by atoms with Gasteiger partial charge < -0.3 is 10.0 Å². The molecule has 1 atom stereocenters. The maximum Gasteiger partial charge on any atom is 0.138 e. The Morgan fingerprint density at radius 1 is 1.14 bits per heavy atom. The average molecular weight is 279 g/mol. The fourth-order valence-corrected chi connectivity index (χ4v) is 2.72. The first-order chi connectivity index (χ1) is 10.2. The number of hydrogen-bond acceptors (Lipinski definition) is 3. The van der Waals surface area contributed by atoms with Gasteiger partial charge in [-0.2, -0.15) is 0 Å². The molecule has 4 nitrogen and oxygen atoms in total. The molecule has 2 N–H and O–H groups in total. The topological polar surface area (TPSA) is 60.2 Å². The zero-order valence-electron chi connectivity index (χ0n) is 11.8. The Morgan fingerprint density at radius 2 is 1.86 bits per heavy atom. The van der Waals surface area contributed by atoms with E-state index in [2.05, 4.69) is 4.98 Å². The van der Waals surface area contributed by atoms with E-state index in [0.717, 1.165) is 12.1 Å². The third-order valence-electron chi connectivity index (χ3n) is 3.70. The summed E-state index contributed by atoms with van der Waals surface area (Å²) < 4.78 is 0. The fraction of sp³-hybridized carbons (Fsp3) is 0.176. The summed E-state index contributed by atoms with van der Waals surface area (Å²) >= 11 is 0. The normalized spacial score (nSPS) is 18.4. The van der Waals surface area contributed by atoms with Gasteiger partial charge in [0, 0.05) is 11.9 Å². The maximum absolute atomic E-state index is 10.6. The Morgan fingerprint density at radius 3 is 2.48 bits per heavy atom. The van der Waals surface area contributed by atoms with E-state index in [1.165, 1.54) is 0 Å². The molecule has 0 spiro atoms. The molecule has 21 heavy (non-hydrogen) atoms. The molecule has 1 aromatic carbocycles. The molecule has 3 rings (SSSR count). The largest absolute Gasteiger partial charge is 0.509 e. The SMILES string of the molecule is CC[C@@H]1C(O)=C(c2ccccn2)C(=N)N1c1ccccc1. The Balaban J connectivity index is 2.07. The predicted molar refractivity (Wildman–Crippen MR) is 84.5 cm³/mol. The summed E-state index contributed by atoms with van der Waals surface area (Å²) in [6, 6.07) is 15.0. The Labute approximate surface area is 123 Å². The highest BCUT2D eigenvalue weighted by molar-refractivity contribution is 6.31. The monoisotopic (exact) mass is 279 g/mol. The van der Waals surface area contributed by atoms with Crippen molar-refractivity contribution < 1.29 is 5.11 Å². The van der Waals surface area contributed by atoms with Crippen molar-refractivity contribution in [2.24, 2.45) is 0 Å². The predicted octanol–water partition coefficient (Wildman–Crippen LogP) is 3.63. The fourth-order valence-electron chi connectivity index (χ4n) is 2.72. The Kier molecular flexibility index (Phi) is 3.44. The van der Waals surface area contributed by atoms with Gasteiger partial charge in [-0.05, 0) is 30.7 Å². The zero-order chi connectivity index (χ0) is 14.8. The molecule has 0 saturated heterocycles. The number of aromatic nitrogens is 1. The van der Waals surface area contributed by atoms with E-state index in [4.69, 9.17) is 5.41 Å². The third-order valence-corrected chi connectivity index (χ3v) is 3.70. The molecule has 2 aromatic rings. The van der Waals surface area contributed by atoms with Crippen molar-refractivity contribution in [3.05, 3.63) is 66.2 Å². The summed E-state index contributed by atoms with van der Waals surface area (Å²) in [6.07, 6.45) is 2.40. The van der Waals surface area contributed by atoms with Crippen LogP contribution in [-0.4, -0.2) is 22.0 Å². The molecule has 106 valence electrons. The Hall–Kier alpha value is -2.62. The van der Waals surface area contributed by atoms with Crippen LogP contribution >= 0.6 is 0 Å². The molecule has 4 heteroatoms. The maximum atomic E-state index is 10.6. The van der Waals surface area contributed by atoms with Gasteiger partial charge in [0.05, 0.1) is 17.3 Å². The van der Waals surface area contributed by atoms with Crippen LogP contribution in [0.1, 0.15) is 19.0 Å². The summed E-state index contributed by atoms with van der Waals surface area (Å²) in [7, 11) is 0. The van der Waals surface area contributed by atoms with Crippen LogP contribution in [0, 0.1) is 5.41 Å². The third kappa shape index (κ3) is 2.18. The molecule has 0 unspecified atom stereocenters. The van der Waals surface area contributed by atoms with Crippen molar-refractivity contribution >= 4 is 17.1 Å². The minimum absolute atomic E-state index is 0.211. The van der Waals surface area contributed by atoms with Gasteiger partial charge in [0.15, 0.2) is 0 Å². The van der Waals surface area contributed by atoms with Gasteiger partial charge in [-0.15, -0.1) is 0 Å². The van der Waals surface area contributed by atoms with Crippen LogP contribution in [0.15, 0.2) is 60.5 Å². The first-order valence-corrected chi connectivity index (χ1v) is 7.01. The van der Waals surface area contributed by atoms with E-state index < -0.39 is 0 Å². The first kappa shape index (κ1) is 13.4. The van der Waals surface area contributed by atoms with E-state index in [1.807, 2.05) is 60.4 Å². The lowest BCUT2D eigenvalue weighted by atomic mass is 10.1. The summed E-state index contributed by atoms with van der Waals surface area (Å²) in [5.41, 5.74) is 2.06. The number of amidine groups is 1. The number of pyridine rings is 1. The highest BCUT2D eigenvalue weighted by atomic mass is 16.3. The number of aliphatic hydroxyl groups excluding tert-OH is 1. The van der Waals surface area contributed by atoms with Gasteiger partial charge in [0.1, 0.15) is 11.6 Å². The van der Waals surface area contributed by atoms with E-state index in [9.17, 15) is 5.11 Å². The van der Waals surface area contributed by atoms with E-state index in [-0.39, 0.29) is 11.8 Å². The van der Waals surface area contributed by atoms with Crippen LogP contribution in [-0.2, 0) is 0 Å². The second kappa shape index (κ2) is 5.40. The van der Waals surface area contributed by atoms with Crippen molar-refractivity contribution in [1.82, 2.24) is 4.98 Å². The van der Waals surface area contributed by atoms with E-state index in [0.29, 0.717) is 17.1 Å².